The highest BCUT2D eigenvalue weighted by Gasteiger charge is 2.31. The number of carbonyl (C=O) groups is 1. The van der Waals surface area contributed by atoms with Gasteiger partial charge in [-0.3, -0.25) is 0 Å². The number of amides is 1. The van der Waals surface area contributed by atoms with Crippen LogP contribution in [0.1, 0.15) is 53.9 Å². The fourth-order valence-electron chi connectivity index (χ4n) is 1.81. The van der Waals surface area contributed by atoms with E-state index < -0.39 is 11.7 Å². The van der Waals surface area contributed by atoms with Crippen molar-refractivity contribution in [1.29, 1.82) is 0 Å². The van der Waals surface area contributed by atoms with Crippen molar-refractivity contribution in [1.82, 2.24) is 5.32 Å². The van der Waals surface area contributed by atoms with Crippen molar-refractivity contribution in [2.45, 2.75) is 65.5 Å². The third-order valence-electron chi connectivity index (χ3n) is 3.05. The molecule has 2 N–H and O–H groups in total. The van der Waals surface area contributed by atoms with E-state index in [0.29, 0.717) is 0 Å². The highest BCUT2D eigenvalue weighted by Crippen LogP contribution is 2.28. The molecule has 0 saturated carbocycles. The maximum Gasteiger partial charge on any atom is 0.407 e. The lowest BCUT2D eigenvalue weighted by molar-refractivity contribution is 0.0397. The molecule has 0 aliphatic rings. The zero-order chi connectivity index (χ0) is 15.1. The van der Waals surface area contributed by atoms with Gasteiger partial charge in [-0.1, -0.05) is 19.9 Å². The Labute approximate surface area is 117 Å². The normalized spacial score (nSPS) is 13.8. The second-order valence-corrected chi connectivity index (χ2v) is 6.55. The molecule has 0 rings (SSSR count). The Hall–Kier alpha value is -1.03. The molecule has 1 atom stereocenters. The highest BCUT2D eigenvalue weighted by atomic mass is 16.6. The topological polar surface area (TPSA) is 58.6 Å². The fourth-order valence-corrected chi connectivity index (χ4v) is 1.81. The number of rotatable bonds is 7. The van der Waals surface area contributed by atoms with Crippen LogP contribution in [0.4, 0.5) is 4.79 Å². The quantitative estimate of drug-likeness (QED) is 0.552. The average Bonchev–Trinajstić information content (AvgIpc) is 2.23. The minimum atomic E-state index is -0.531. The van der Waals surface area contributed by atoms with Gasteiger partial charge in [0.05, 0.1) is 12.6 Å². The van der Waals surface area contributed by atoms with Crippen molar-refractivity contribution >= 4 is 6.09 Å². The lowest BCUT2D eigenvalue weighted by atomic mass is 9.80. The molecular weight excluding hydrogens is 242 g/mol. The van der Waals surface area contributed by atoms with E-state index in [1.807, 2.05) is 40.7 Å². The predicted molar refractivity (Wildman–Crippen MR) is 78.1 cm³/mol. The molecule has 4 heteroatoms. The lowest BCUT2D eigenvalue weighted by Gasteiger charge is -2.34. The molecule has 0 fully saturated rings. The highest BCUT2D eigenvalue weighted by molar-refractivity contribution is 5.68. The van der Waals surface area contributed by atoms with Crippen molar-refractivity contribution in [3.05, 3.63) is 12.7 Å². The Morgan fingerprint density at radius 3 is 2.37 bits per heavy atom. The van der Waals surface area contributed by atoms with E-state index in [1.54, 1.807) is 0 Å². The van der Waals surface area contributed by atoms with Crippen LogP contribution >= 0.6 is 0 Å². The molecule has 4 nitrogen and oxygen atoms in total. The fraction of sp³-hybridized carbons (Fsp3) is 0.800. The summed E-state index contributed by atoms with van der Waals surface area (Å²) >= 11 is 0. The molecule has 0 heterocycles. The summed E-state index contributed by atoms with van der Waals surface area (Å²) in [5.74, 6) is 0. The monoisotopic (exact) mass is 271 g/mol. The standard InChI is InChI=1S/C15H29NO3/c1-7-8-9-10-15(5,6)12(11-17)16-13(18)19-14(2,3)4/h7,12,17H,1,8-11H2,2-6H3,(H,16,18)/t12-/m1/s1. The number of allylic oxidation sites excluding steroid dienone is 1. The Bertz CT molecular complexity index is 292. The summed E-state index contributed by atoms with van der Waals surface area (Å²) in [4.78, 5) is 11.7. The van der Waals surface area contributed by atoms with Gasteiger partial charge in [-0.2, -0.15) is 0 Å². The van der Waals surface area contributed by atoms with E-state index in [9.17, 15) is 9.90 Å². The summed E-state index contributed by atoms with van der Waals surface area (Å²) in [5.41, 5.74) is -0.717. The van der Waals surface area contributed by atoms with Gasteiger partial charge in [0.1, 0.15) is 5.60 Å². The number of hydrogen-bond acceptors (Lipinski definition) is 3. The zero-order valence-electron chi connectivity index (χ0n) is 13.0. The van der Waals surface area contributed by atoms with E-state index in [2.05, 4.69) is 11.9 Å². The van der Waals surface area contributed by atoms with Gasteiger partial charge in [0, 0.05) is 0 Å². The van der Waals surface area contributed by atoms with Crippen LogP contribution in [0.3, 0.4) is 0 Å². The minimum absolute atomic E-state index is 0.0969. The second-order valence-electron chi connectivity index (χ2n) is 6.55. The van der Waals surface area contributed by atoms with Gasteiger partial charge in [-0.15, -0.1) is 6.58 Å². The van der Waals surface area contributed by atoms with Crippen molar-refractivity contribution in [3.8, 4) is 0 Å². The molecule has 0 bridgehead atoms. The first kappa shape index (κ1) is 18.0. The first-order valence-electron chi connectivity index (χ1n) is 6.83. The number of alkyl carbamates (subject to hydrolysis) is 1. The maximum absolute atomic E-state index is 11.7. The van der Waals surface area contributed by atoms with Gasteiger partial charge in [0.25, 0.3) is 0 Å². The van der Waals surface area contributed by atoms with E-state index in [0.717, 1.165) is 19.3 Å². The van der Waals surface area contributed by atoms with Gasteiger partial charge < -0.3 is 15.2 Å². The maximum atomic E-state index is 11.7. The van der Waals surface area contributed by atoms with Crippen LogP contribution in [0.25, 0.3) is 0 Å². The molecule has 0 radical (unpaired) electrons. The SMILES string of the molecule is C=CCCCC(C)(C)[C@@H](CO)NC(=O)OC(C)(C)C. The molecule has 112 valence electrons. The Balaban J connectivity index is 4.46. The van der Waals surface area contributed by atoms with Crippen molar-refractivity contribution in [2.75, 3.05) is 6.61 Å². The smallest absolute Gasteiger partial charge is 0.407 e. The third-order valence-corrected chi connectivity index (χ3v) is 3.05. The number of unbranched alkanes of at least 4 members (excludes halogenated alkanes) is 1. The lowest BCUT2D eigenvalue weighted by Crippen LogP contribution is -2.49. The third kappa shape index (κ3) is 7.88. The number of ether oxygens (including phenoxy) is 1. The van der Waals surface area contributed by atoms with Crippen LogP contribution in [-0.4, -0.2) is 29.4 Å². The van der Waals surface area contributed by atoms with Gasteiger partial charge in [-0.05, 0) is 45.4 Å². The molecule has 0 aromatic carbocycles. The summed E-state index contributed by atoms with van der Waals surface area (Å²) in [5, 5.41) is 12.2. The number of carbonyl (C=O) groups excluding carboxylic acids is 1. The van der Waals surface area contributed by atoms with Gasteiger partial charge in [-0.25, -0.2) is 4.79 Å². The number of nitrogens with one attached hydrogen (secondary N) is 1. The summed E-state index contributed by atoms with van der Waals surface area (Å²) in [6.07, 6.45) is 4.23. The van der Waals surface area contributed by atoms with Crippen LogP contribution in [-0.2, 0) is 4.74 Å². The van der Waals surface area contributed by atoms with E-state index >= 15 is 0 Å². The molecule has 0 aliphatic heterocycles. The van der Waals surface area contributed by atoms with Crippen molar-refractivity contribution in [3.63, 3.8) is 0 Å². The van der Waals surface area contributed by atoms with Crippen LogP contribution in [0.5, 0.6) is 0 Å². The van der Waals surface area contributed by atoms with Crippen LogP contribution in [0, 0.1) is 5.41 Å². The van der Waals surface area contributed by atoms with Crippen molar-refractivity contribution < 1.29 is 14.6 Å². The summed E-state index contributed by atoms with van der Waals surface area (Å²) in [6.45, 7) is 13.1. The Morgan fingerprint density at radius 2 is 1.95 bits per heavy atom. The molecule has 1 amide bonds. The number of aliphatic hydroxyl groups excluding tert-OH is 1. The zero-order valence-corrected chi connectivity index (χ0v) is 13.0. The Morgan fingerprint density at radius 1 is 1.37 bits per heavy atom. The minimum Gasteiger partial charge on any atom is -0.444 e. The Kier molecular flexibility index (Phi) is 7.12. The molecule has 0 aromatic heterocycles. The molecule has 0 aromatic rings. The van der Waals surface area contributed by atoms with Crippen LogP contribution in [0.2, 0.25) is 0 Å². The average molecular weight is 271 g/mol. The van der Waals surface area contributed by atoms with Crippen LogP contribution in [0.15, 0.2) is 12.7 Å². The van der Waals surface area contributed by atoms with E-state index in [1.165, 1.54) is 0 Å². The van der Waals surface area contributed by atoms with Crippen molar-refractivity contribution in [2.24, 2.45) is 5.41 Å². The molecule has 0 aliphatic carbocycles. The van der Waals surface area contributed by atoms with Crippen LogP contribution < -0.4 is 5.32 Å². The summed E-state index contributed by atoms with van der Waals surface area (Å²) in [7, 11) is 0. The van der Waals surface area contributed by atoms with Gasteiger partial charge in [0.15, 0.2) is 0 Å². The largest absolute Gasteiger partial charge is 0.444 e. The van der Waals surface area contributed by atoms with E-state index in [4.69, 9.17) is 4.74 Å². The molecule has 19 heavy (non-hydrogen) atoms. The second kappa shape index (κ2) is 7.53. The first-order chi connectivity index (χ1) is 8.62. The van der Waals surface area contributed by atoms with Gasteiger partial charge >= 0.3 is 6.09 Å². The predicted octanol–water partition coefficient (Wildman–Crippen LogP) is 3.25. The summed E-state index contributed by atoms with van der Waals surface area (Å²) < 4.78 is 5.21. The molecule has 0 saturated heterocycles. The summed E-state index contributed by atoms with van der Waals surface area (Å²) in [6, 6.07) is -0.313. The first-order valence-corrected chi connectivity index (χ1v) is 6.83. The number of aliphatic hydroxyl groups is 1. The molecular formula is C15H29NO3. The molecule has 0 unspecified atom stereocenters. The number of hydrogen-bond donors (Lipinski definition) is 2. The van der Waals surface area contributed by atoms with E-state index in [-0.39, 0.29) is 18.1 Å². The molecule has 0 spiro atoms. The van der Waals surface area contributed by atoms with Gasteiger partial charge in [0.2, 0.25) is 0 Å².